The molecule has 1 saturated heterocycles. The van der Waals surface area contributed by atoms with Gasteiger partial charge >= 0.3 is 6.03 Å². The molecule has 0 radical (unpaired) electrons. The van der Waals surface area contributed by atoms with Crippen LogP contribution in [0, 0.1) is 0 Å². The van der Waals surface area contributed by atoms with Crippen LogP contribution in [0.15, 0.2) is 47.4 Å². The molecule has 0 aliphatic carbocycles. The van der Waals surface area contributed by atoms with Crippen LogP contribution in [-0.2, 0) is 6.42 Å². The Bertz CT molecular complexity index is 925. The molecule has 2 amide bonds. The Morgan fingerprint density at radius 2 is 2.14 bits per heavy atom. The number of amides is 2. The number of hydrogen-bond acceptors (Lipinski definition) is 6. The highest BCUT2D eigenvalue weighted by Gasteiger charge is 2.25. The van der Waals surface area contributed by atoms with E-state index in [9.17, 15) is 4.79 Å². The SMILES string of the molecule is CCc1noc(-c2ccc(NC(=O)N3CCC[C@H](c4ccncn4)C3)cc2)n1. The van der Waals surface area contributed by atoms with Crippen molar-refractivity contribution >= 4 is 11.7 Å². The van der Waals surface area contributed by atoms with Gasteiger partial charge in [-0.1, -0.05) is 12.1 Å². The molecule has 8 heteroatoms. The summed E-state index contributed by atoms with van der Waals surface area (Å²) < 4.78 is 5.24. The average molecular weight is 378 g/mol. The van der Waals surface area contributed by atoms with Crippen LogP contribution in [-0.4, -0.2) is 44.1 Å². The molecular formula is C20H22N6O2. The molecule has 1 fully saturated rings. The Kier molecular flexibility index (Phi) is 5.27. The van der Waals surface area contributed by atoms with Gasteiger partial charge in [-0.25, -0.2) is 14.8 Å². The Morgan fingerprint density at radius 1 is 1.29 bits per heavy atom. The predicted molar refractivity (Wildman–Crippen MR) is 104 cm³/mol. The molecule has 4 rings (SSSR count). The van der Waals surface area contributed by atoms with Crippen LogP contribution in [0.5, 0.6) is 0 Å². The van der Waals surface area contributed by atoms with E-state index in [-0.39, 0.29) is 11.9 Å². The van der Waals surface area contributed by atoms with E-state index in [1.807, 2.05) is 42.2 Å². The summed E-state index contributed by atoms with van der Waals surface area (Å²) in [5.74, 6) is 1.41. The first-order valence-electron chi connectivity index (χ1n) is 9.48. The summed E-state index contributed by atoms with van der Waals surface area (Å²) in [5, 5.41) is 6.87. The molecule has 0 unspecified atom stereocenters. The second kappa shape index (κ2) is 8.16. The molecular weight excluding hydrogens is 356 g/mol. The summed E-state index contributed by atoms with van der Waals surface area (Å²) in [6, 6.07) is 9.23. The quantitative estimate of drug-likeness (QED) is 0.746. The van der Waals surface area contributed by atoms with Crippen molar-refractivity contribution in [2.45, 2.75) is 32.1 Å². The minimum atomic E-state index is -0.0995. The molecule has 0 saturated carbocycles. The van der Waals surface area contributed by atoms with Crippen molar-refractivity contribution in [3.05, 3.63) is 54.4 Å². The summed E-state index contributed by atoms with van der Waals surface area (Å²) in [5.41, 5.74) is 2.54. The number of benzene rings is 1. The fraction of sp³-hybridized carbons (Fsp3) is 0.350. The van der Waals surface area contributed by atoms with Gasteiger partial charge in [0.25, 0.3) is 5.89 Å². The Balaban J connectivity index is 1.39. The molecule has 28 heavy (non-hydrogen) atoms. The number of aromatic nitrogens is 4. The van der Waals surface area contributed by atoms with Crippen molar-refractivity contribution in [3.8, 4) is 11.5 Å². The van der Waals surface area contributed by atoms with Gasteiger partial charge in [-0.3, -0.25) is 0 Å². The standard InChI is InChI=1S/C20H22N6O2/c1-2-18-24-19(28-25-18)14-5-7-16(8-6-14)23-20(27)26-11-3-4-15(12-26)17-9-10-21-13-22-17/h5-10,13,15H,2-4,11-12H2,1H3,(H,23,27)/t15-/m0/s1. The highest BCUT2D eigenvalue weighted by atomic mass is 16.5. The molecule has 3 aromatic rings. The lowest BCUT2D eigenvalue weighted by Gasteiger charge is -2.32. The van der Waals surface area contributed by atoms with E-state index in [1.54, 1.807) is 12.5 Å². The largest absolute Gasteiger partial charge is 0.334 e. The molecule has 1 aliphatic rings. The van der Waals surface area contributed by atoms with E-state index in [1.165, 1.54) is 0 Å². The van der Waals surface area contributed by atoms with Gasteiger partial charge in [0.05, 0.1) is 0 Å². The highest BCUT2D eigenvalue weighted by molar-refractivity contribution is 5.89. The van der Waals surface area contributed by atoms with Crippen molar-refractivity contribution < 1.29 is 9.32 Å². The number of rotatable bonds is 4. The zero-order valence-corrected chi connectivity index (χ0v) is 15.7. The maximum Gasteiger partial charge on any atom is 0.321 e. The van der Waals surface area contributed by atoms with E-state index >= 15 is 0 Å². The van der Waals surface area contributed by atoms with Gasteiger partial charge in [0, 0.05) is 48.6 Å². The molecule has 1 N–H and O–H groups in total. The fourth-order valence-corrected chi connectivity index (χ4v) is 3.36. The van der Waals surface area contributed by atoms with Crippen LogP contribution >= 0.6 is 0 Å². The highest BCUT2D eigenvalue weighted by Crippen LogP contribution is 2.26. The molecule has 1 aromatic carbocycles. The fourth-order valence-electron chi connectivity index (χ4n) is 3.36. The van der Waals surface area contributed by atoms with E-state index in [2.05, 4.69) is 25.4 Å². The molecule has 0 spiro atoms. The summed E-state index contributed by atoms with van der Waals surface area (Å²) in [7, 11) is 0. The molecule has 8 nitrogen and oxygen atoms in total. The minimum absolute atomic E-state index is 0.0995. The zero-order chi connectivity index (χ0) is 19.3. The number of carbonyl (C=O) groups excluding carboxylic acids is 1. The van der Waals surface area contributed by atoms with Gasteiger partial charge in [-0.15, -0.1) is 0 Å². The van der Waals surface area contributed by atoms with E-state index in [0.29, 0.717) is 18.3 Å². The number of piperidine rings is 1. The lowest BCUT2D eigenvalue weighted by atomic mass is 9.95. The summed E-state index contributed by atoms with van der Waals surface area (Å²) >= 11 is 0. The lowest BCUT2D eigenvalue weighted by Crippen LogP contribution is -2.41. The number of hydrogen-bond donors (Lipinski definition) is 1. The van der Waals surface area contributed by atoms with Gasteiger partial charge in [0.1, 0.15) is 6.33 Å². The topological polar surface area (TPSA) is 97.0 Å². The van der Waals surface area contributed by atoms with Crippen molar-refractivity contribution in [2.75, 3.05) is 18.4 Å². The average Bonchev–Trinajstić information content (AvgIpc) is 3.24. The van der Waals surface area contributed by atoms with E-state index < -0.39 is 0 Å². The van der Waals surface area contributed by atoms with Gasteiger partial charge in [-0.2, -0.15) is 4.98 Å². The number of anilines is 1. The number of likely N-dealkylation sites (tertiary alicyclic amines) is 1. The molecule has 1 atom stereocenters. The number of urea groups is 1. The smallest absolute Gasteiger partial charge is 0.321 e. The van der Waals surface area contributed by atoms with Gasteiger partial charge in [0.2, 0.25) is 0 Å². The maximum atomic E-state index is 12.7. The number of carbonyl (C=O) groups is 1. The van der Waals surface area contributed by atoms with Crippen molar-refractivity contribution in [1.29, 1.82) is 0 Å². The van der Waals surface area contributed by atoms with E-state index in [4.69, 9.17) is 4.52 Å². The van der Waals surface area contributed by atoms with Crippen LogP contribution in [0.2, 0.25) is 0 Å². The van der Waals surface area contributed by atoms with Crippen LogP contribution in [0.3, 0.4) is 0 Å². The van der Waals surface area contributed by atoms with Crippen LogP contribution in [0.25, 0.3) is 11.5 Å². The number of aryl methyl sites for hydroxylation is 1. The van der Waals surface area contributed by atoms with Crippen LogP contribution in [0.4, 0.5) is 10.5 Å². The van der Waals surface area contributed by atoms with Gasteiger partial charge < -0.3 is 14.7 Å². The number of nitrogens with one attached hydrogen (secondary N) is 1. The second-order valence-corrected chi connectivity index (χ2v) is 6.80. The Hall–Kier alpha value is -3.29. The predicted octanol–water partition coefficient (Wildman–Crippen LogP) is 3.50. The normalized spacial score (nSPS) is 16.8. The lowest BCUT2D eigenvalue weighted by molar-refractivity contribution is 0.192. The number of nitrogens with zero attached hydrogens (tertiary/aromatic N) is 5. The van der Waals surface area contributed by atoms with Crippen molar-refractivity contribution in [3.63, 3.8) is 0 Å². The summed E-state index contributed by atoms with van der Waals surface area (Å²) in [6.45, 7) is 3.37. The minimum Gasteiger partial charge on any atom is -0.334 e. The third kappa shape index (κ3) is 4.00. The van der Waals surface area contributed by atoms with Crippen LogP contribution in [0.1, 0.15) is 37.2 Å². The van der Waals surface area contributed by atoms with Gasteiger partial charge in [0.15, 0.2) is 5.82 Å². The third-order valence-electron chi connectivity index (χ3n) is 4.90. The van der Waals surface area contributed by atoms with Crippen molar-refractivity contribution in [2.24, 2.45) is 0 Å². The molecule has 1 aliphatic heterocycles. The van der Waals surface area contributed by atoms with Gasteiger partial charge in [-0.05, 0) is 43.2 Å². The Morgan fingerprint density at radius 3 is 2.86 bits per heavy atom. The molecule has 3 heterocycles. The summed E-state index contributed by atoms with van der Waals surface area (Å²) in [6.07, 6.45) is 6.01. The zero-order valence-electron chi connectivity index (χ0n) is 15.7. The monoisotopic (exact) mass is 378 g/mol. The second-order valence-electron chi connectivity index (χ2n) is 6.80. The first-order valence-corrected chi connectivity index (χ1v) is 9.48. The van der Waals surface area contributed by atoms with Crippen molar-refractivity contribution in [1.82, 2.24) is 25.0 Å². The molecule has 0 bridgehead atoms. The first kappa shape index (κ1) is 18.1. The molecule has 2 aromatic heterocycles. The molecule has 144 valence electrons. The third-order valence-corrected chi connectivity index (χ3v) is 4.90. The van der Waals surface area contributed by atoms with Crippen LogP contribution < -0.4 is 5.32 Å². The first-order chi connectivity index (χ1) is 13.7. The maximum absolute atomic E-state index is 12.7. The van der Waals surface area contributed by atoms with E-state index in [0.717, 1.165) is 42.8 Å². The summed E-state index contributed by atoms with van der Waals surface area (Å²) in [4.78, 5) is 27.1. The Labute approximate surface area is 163 Å².